The van der Waals surface area contributed by atoms with E-state index in [4.69, 9.17) is 0 Å². The molecule has 2 aromatic carbocycles. The van der Waals surface area contributed by atoms with Crippen molar-refractivity contribution in [3.8, 4) is 11.1 Å². The zero-order valence-corrected chi connectivity index (χ0v) is 21.2. The predicted molar refractivity (Wildman–Crippen MR) is 141 cm³/mol. The molecular formula is C29H27F2N3O4. The minimum Gasteiger partial charge on any atom is -0.478 e. The molecule has 1 aliphatic heterocycles. The van der Waals surface area contributed by atoms with E-state index in [2.05, 4.69) is 14.7 Å². The highest BCUT2D eigenvalue weighted by Gasteiger charge is 2.26. The molecule has 5 rings (SSSR count). The summed E-state index contributed by atoms with van der Waals surface area (Å²) in [5, 5.41) is 10.3. The van der Waals surface area contributed by atoms with Crippen LogP contribution < -0.4 is 4.90 Å². The average molecular weight is 520 g/mol. The van der Waals surface area contributed by atoms with Crippen LogP contribution in [0.15, 0.2) is 48.8 Å². The van der Waals surface area contributed by atoms with Crippen LogP contribution in [0, 0.1) is 0 Å². The van der Waals surface area contributed by atoms with Crippen LogP contribution in [-0.2, 0) is 11.2 Å². The van der Waals surface area contributed by atoms with Crippen LogP contribution in [0.1, 0.15) is 70.1 Å². The fourth-order valence-electron chi connectivity index (χ4n) is 5.16. The molecule has 0 amide bonds. The third kappa shape index (κ3) is 4.38. The van der Waals surface area contributed by atoms with Crippen molar-refractivity contribution in [3.63, 3.8) is 0 Å². The first kappa shape index (κ1) is 25.4. The summed E-state index contributed by atoms with van der Waals surface area (Å²) in [5.41, 5.74) is 5.05. The highest BCUT2D eigenvalue weighted by molar-refractivity contribution is 6.05. The van der Waals surface area contributed by atoms with Crippen LogP contribution in [-0.4, -0.2) is 40.7 Å². The molecule has 7 nitrogen and oxygen atoms in total. The van der Waals surface area contributed by atoms with Gasteiger partial charge in [-0.05, 0) is 65.8 Å². The maximum atomic E-state index is 14.4. The number of carboxylic acids is 1. The topological polar surface area (TPSA) is 95.5 Å². The zero-order chi connectivity index (χ0) is 27.1. The van der Waals surface area contributed by atoms with Gasteiger partial charge in [0.15, 0.2) is 0 Å². The number of aromatic nitrogens is 2. The van der Waals surface area contributed by atoms with Crippen molar-refractivity contribution in [2.45, 2.75) is 39.0 Å². The summed E-state index contributed by atoms with van der Waals surface area (Å²) in [5.74, 6) is -1.52. The minimum absolute atomic E-state index is 0.0980. The van der Waals surface area contributed by atoms with E-state index >= 15 is 0 Å². The number of carbonyl (C=O) groups is 2. The molecule has 0 bridgehead atoms. The first-order valence-electron chi connectivity index (χ1n) is 12.3. The van der Waals surface area contributed by atoms with Gasteiger partial charge in [-0.3, -0.25) is 0 Å². The number of fused-ring (bicyclic) bond motifs is 2. The fourth-order valence-corrected chi connectivity index (χ4v) is 5.16. The first-order chi connectivity index (χ1) is 18.2. The fraction of sp³-hybridized carbons (Fsp3) is 0.276. The van der Waals surface area contributed by atoms with Crippen molar-refractivity contribution < 1.29 is 28.2 Å². The highest BCUT2D eigenvalue weighted by atomic mass is 19.3. The second kappa shape index (κ2) is 9.89. The molecule has 2 aromatic heterocycles. The second-order valence-electron chi connectivity index (χ2n) is 9.67. The molecule has 3 heterocycles. The Hall–Kier alpha value is -4.27. The molecule has 0 radical (unpaired) electrons. The smallest absolute Gasteiger partial charge is 0.356 e. The van der Waals surface area contributed by atoms with Crippen LogP contribution in [0.3, 0.4) is 0 Å². The Bertz CT molecular complexity index is 1540. The van der Waals surface area contributed by atoms with Crippen molar-refractivity contribution in [1.82, 2.24) is 9.97 Å². The second-order valence-corrected chi connectivity index (χ2v) is 9.67. The molecule has 0 atom stereocenters. The van der Waals surface area contributed by atoms with Crippen molar-refractivity contribution in [2.24, 2.45) is 0 Å². The lowest BCUT2D eigenvalue weighted by atomic mass is 9.91. The lowest BCUT2D eigenvalue weighted by Gasteiger charge is -2.33. The van der Waals surface area contributed by atoms with Crippen LogP contribution in [0.5, 0.6) is 0 Å². The molecule has 1 aliphatic rings. The number of hydrogen-bond donors (Lipinski definition) is 2. The Morgan fingerprint density at radius 1 is 1.13 bits per heavy atom. The molecule has 4 aromatic rings. The largest absolute Gasteiger partial charge is 0.478 e. The van der Waals surface area contributed by atoms with E-state index in [1.54, 1.807) is 12.1 Å². The summed E-state index contributed by atoms with van der Waals surface area (Å²) in [4.78, 5) is 32.8. The summed E-state index contributed by atoms with van der Waals surface area (Å²) < 4.78 is 33.4. The Morgan fingerprint density at radius 2 is 1.92 bits per heavy atom. The molecule has 196 valence electrons. The molecule has 0 saturated carbocycles. The van der Waals surface area contributed by atoms with Crippen LogP contribution in [0.25, 0.3) is 22.0 Å². The SMILES string of the molecule is COC(=O)c1ccc(-c2cc3c(cc2C(F)F)N(c2cc(C(C)C)c4[nH]cc(C(=O)O)c4c2)CCC3)cn1. The average Bonchev–Trinajstić information content (AvgIpc) is 3.35. The molecule has 0 unspecified atom stereocenters. The number of ether oxygens (including phenoxy) is 1. The van der Waals surface area contributed by atoms with Gasteiger partial charge in [0.1, 0.15) is 5.69 Å². The Balaban J connectivity index is 1.64. The van der Waals surface area contributed by atoms with E-state index in [0.29, 0.717) is 35.2 Å². The molecule has 2 N–H and O–H groups in total. The standard InChI is InChI=1S/C29H27F2N3O4/c1-15(2)19-10-18(11-21-23(28(35)36)14-33-26(19)21)34-8-4-5-16-9-20(22(27(30)31)12-25(16)34)17-6-7-24(32-13-17)29(37)38-3/h6-7,9-15,27,33H,4-5,8H2,1-3H3,(H,35,36). The van der Waals surface area contributed by atoms with Crippen LogP contribution >= 0.6 is 0 Å². The molecule has 0 aliphatic carbocycles. The zero-order valence-electron chi connectivity index (χ0n) is 21.2. The number of carboxylic acid groups (broad SMARTS) is 1. The number of anilines is 2. The van der Waals surface area contributed by atoms with Crippen molar-refractivity contribution in [3.05, 3.63) is 76.7 Å². The van der Waals surface area contributed by atoms with E-state index in [0.717, 1.165) is 28.8 Å². The lowest BCUT2D eigenvalue weighted by Crippen LogP contribution is -2.25. The van der Waals surface area contributed by atoms with Gasteiger partial charge < -0.3 is 19.7 Å². The third-order valence-electron chi connectivity index (χ3n) is 7.04. The van der Waals surface area contributed by atoms with Crippen LogP contribution in [0.2, 0.25) is 0 Å². The lowest BCUT2D eigenvalue weighted by molar-refractivity contribution is 0.0593. The number of alkyl halides is 2. The predicted octanol–water partition coefficient (Wildman–Crippen LogP) is 6.86. The van der Waals surface area contributed by atoms with Gasteiger partial charge in [0.2, 0.25) is 0 Å². The van der Waals surface area contributed by atoms with Crippen molar-refractivity contribution in [1.29, 1.82) is 0 Å². The number of pyridine rings is 1. The normalized spacial score (nSPS) is 13.3. The van der Waals surface area contributed by atoms with Gasteiger partial charge in [-0.15, -0.1) is 0 Å². The van der Waals surface area contributed by atoms with E-state index in [1.165, 1.54) is 31.6 Å². The van der Waals surface area contributed by atoms with E-state index in [-0.39, 0.29) is 22.7 Å². The van der Waals surface area contributed by atoms with Gasteiger partial charge in [0.25, 0.3) is 6.43 Å². The number of halogens is 2. The molecule has 0 fully saturated rings. The summed E-state index contributed by atoms with van der Waals surface area (Å²) in [6, 6.07) is 10.2. The highest BCUT2D eigenvalue weighted by Crippen LogP contribution is 2.43. The quantitative estimate of drug-likeness (QED) is 0.270. The Kier molecular flexibility index (Phi) is 6.60. The van der Waals surface area contributed by atoms with Crippen molar-refractivity contribution >= 4 is 34.2 Å². The Labute approximate surface area is 218 Å². The molecule has 0 spiro atoms. The third-order valence-corrected chi connectivity index (χ3v) is 7.04. The number of esters is 1. The monoisotopic (exact) mass is 519 g/mol. The number of aryl methyl sites for hydroxylation is 1. The number of aromatic carboxylic acids is 1. The number of benzene rings is 2. The molecule has 9 heteroatoms. The summed E-state index contributed by atoms with van der Waals surface area (Å²) in [6.45, 7) is 4.68. The van der Waals surface area contributed by atoms with E-state index in [9.17, 15) is 23.5 Å². The van der Waals surface area contributed by atoms with Gasteiger partial charge in [0, 0.05) is 52.3 Å². The first-order valence-corrected chi connectivity index (χ1v) is 12.3. The van der Waals surface area contributed by atoms with Gasteiger partial charge in [-0.1, -0.05) is 19.9 Å². The minimum atomic E-state index is -2.74. The summed E-state index contributed by atoms with van der Waals surface area (Å²) >= 11 is 0. The maximum absolute atomic E-state index is 14.4. The van der Waals surface area contributed by atoms with Gasteiger partial charge in [0.05, 0.1) is 12.7 Å². The Morgan fingerprint density at radius 3 is 2.55 bits per heavy atom. The molecule has 38 heavy (non-hydrogen) atoms. The number of hydrogen-bond acceptors (Lipinski definition) is 5. The van der Waals surface area contributed by atoms with Gasteiger partial charge >= 0.3 is 11.9 Å². The number of nitrogens with one attached hydrogen (secondary N) is 1. The molecule has 0 saturated heterocycles. The number of H-pyrrole nitrogens is 1. The van der Waals surface area contributed by atoms with Gasteiger partial charge in [-0.25, -0.2) is 23.4 Å². The number of methoxy groups -OCH3 is 1. The van der Waals surface area contributed by atoms with Gasteiger partial charge in [-0.2, -0.15) is 0 Å². The van der Waals surface area contributed by atoms with Crippen LogP contribution in [0.4, 0.5) is 20.2 Å². The van der Waals surface area contributed by atoms with E-state index < -0.39 is 18.4 Å². The number of aromatic amines is 1. The number of nitrogens with zero attached hydrogens (tertiary/aromatic N) is 2. The number of rotatable bonds is 6. The summed E-state index contributed by atoms with van der Waals surface area (Å²) in [7, 11) is 1.25. The number of carbonyl (C=O) groups excluding carboxylic acids is 1. The summed E-state index contributed by atoms with van der Waals surface area (Å²) in [6.07, 6.45) is 1.67. The van der Waals surface area contributed by atoms with Crippen molar-refractivity contribution in [2.75, 3.05) is 18.6 Å². The van der Waals surface area contributed by atoms with E-state index in [1.807, 2.05) is 30.9 Å². The molecular weight excluding hydrogens is 492 g/mol. The maximum Gasteiger partial charge on any atom is 0.356 e.